The van der Waals surface area contributed by atoms with E-state index in [1.54, 1.807) is 0 Å². The molecular formula is C9H17N. The van der Waals surface area contributed by atoms with Crippen LogP contribution in [0.5, 0.6) is 0 Å². The van der Waals surface area contributed by atoms with E-state index >= 15 is 0 Å². The lowest BCUT2D eigenvalue weighted by Crippen LogP contribution is -2.09. The predicted octanol–water partition coefficient (Wildman–Crippen LogP) is 1.79. The van der Waals surface area contributed by atoms with Gasteiger partial charge in [-0.05, 0) is 37.8 Å². The van der Waals surface area contributed by atoms with Crippen molar-refractivity contribution in [2.24, 2.45) is 11.8 Å². The molecule has 1 N–H and O–H groups in total. The van der Waals surface area contributed by atoms with Gasteiger partial charge in [-0.15, -0.1) is 0 Å². The zero-order valence-electron chi connectivity index (χ0n) is 6.60. The molecule has 0 amide bonds. The van der Waals surface area contributed by atoms with Crippen LogP contribution in [0.2, 0.25) is 0 Å². The van der Waals surface area contributed by atoms with Crippen molar-refractivity contribution in [2.75, 3.05) is 13.1 Å². The minimum Gasteiger partial charge on any atom is -0.316 e. The van der Waals surface area contributed by atoms with E-state index in [1.165, 1.54) is 45.2 Å². The van der Waals surface area contributed by atoms with E-state index in [1.807, 2.05) is 0 Å². The van der Waals surface area contributed by atoms with Crippen LogP contribution in [-0.4, -0.2) is 13.1 Å². The standard InChI is InChI=1S/C9H17N/c1-2-4-8-6-10-7-9(8)5-3-1/h8-10H,1-7H2/t8-,9-/m0/s1. The Bertz CT molecular complexity index is 99.3. The summed E-state index contributed by atoms with van der Waals surface area (Å²) in [6, 6.07) is 0. The van der Waals surface area contributed by atoms with E-state index in [0.717, 1.165) is 11.8 Å². The Labute approximate surface area is 63.2 Å². The van der Waals surface area contributed by atoms with Gasteiger partial charge in [0, 0.05) is 0 Å². The third-order valence-corrected chi connectivity index (χ3v) is 3.13. The molecule has 0 unspecified atom stereocenters. The fraction of sp³-hybridized carbons (Fsp3) is 1.00. The largest absolute Gasteiger partial charge is 0.316 e. The number of rotatable bonds is 0. The predicted molar refractivity (Wildman–Crippen MR) is 42.9 cm³/mol. The summed E-state index contributed by atoms with van der Waals surface area (Å²) < 4.78 is 0. The summed E-state index contributed by atoms with van der Waals surface area (Å²) in [7, 11) is 0. The highest BCUT2D eigenvalue weighted by Gasteiger charge is 2.27. The average molecular weight is 139 g/mol. The van der Waals surface area contributed by atoms with Crippen LogP contribution in [0.15, 0.2) is 0 Å². The number of nitrogens with one attached hydrogen (secondary N) is 1. The van der Waals surface area contributed by atoms with E-state index in [4.69, 9.17) is 0 Å². The highest BCUT2D eigenvalue weighted by molar-refractivity contribution is 4.82. The van der Waals surface area contributed by atoms with E-state index in [-0.39, 0.29) is 0 Å². The van der Waals surface area contributed by atoms with Crippen molar-refractivity contribution >= 4 is 0 Å². The minimum absolute atomic E-state index is 1.04. The van der Waals surface area contributed by atoms with Crippen LogP contribution >= 0.6 is 0 Å². The van der Waals surface area contributed by atoms with Crippen LogP contribution in [0, 0.1) is 11.8 Å². The molecule has 2 aliphatic rings. The van der Waals surface area contributed by atoms with Gasteiger partial charge in [-0.3, -0.25) is 0 Å². The van der Waals surface area contributed by atoms with Gasteiger partial charge in [0.15, 0.2) is 0 Å². The van der Waals surface area contributed by atoms with E-state index < -0.39 is 0 Å². The summed E-state index contributed by atoms with van der Waals surface area (Å²) in [4.78, 5) is 0. The smallest absolute Gasteiger partial charge is 0.00173 e. The van der Waals surface area contributed by atoms with Crippen LogP contribution < -0.4 is 5.32 Å². The Morgan fingerprint density at radius 2 is 1.40 bits per heavy atom. The first-order valence-corrected chi connectivity index (χ1v) is 4.67. The summed E-state index contributed by atoms with van der Waals surface area (Å²) in [5, 5.41) is 3.49. The van der Waals surface area contributed by atoms with Gasteiger partial charge in [0.05, 0.1) is 0 Å². The Balaban J connectivity index is 1.95. The van der Waals surface area contributed by atoms with Gasteiger partial charge in [-0.25, -0.2) is 0 Å². The molecule has 1 heteroatoms. The topological polar surface area (TPSA) is 12.0 Å². The summed E-state index contributed by atoms with van der Waals surface area (Å²) in [6.07, 6.45) is 7.47. The van der Waals surface area contributed by atoms with Crippen molar-refractivity contribution in [1.29, 1.82) is 0 Å². The highest BCUT2D eigenvalue weighted by atomic mass is 14.9. The molecule has 2 rings (SSSR count). The maximum Gasteiger partial charge on any atom is -0.00173 e. The van der Waals surface area contributed by atoms with Crippen LogP contribution in [0.3, 0.4) is 0 Å². The van der Waals surface area contributed by atoms with Crippen molar-refractivity contribution in [3.05, 3.63) is 0 Å². The summed E-state index contributed by atoms with van der Waals surface area (Å²) in [5.41, 5.74) is 0. The fourth-order valence-corrected chi connectivity index (χ4v) is 2.45. The third kappa shape index (κ3) is 1.20. The Morgan fingerprint density at radius 3 is 2.00 bits per heavy atom. The number of fused-ring (bicyclic) bond motifs is 1. The molecule has 0 bridgehead atoms. The maximum absolute atomic E-state index is 3.49. The van der Waals surface area contributed by atoms with Gasteiger partial charge in [-0.2, -0.15) is 0 Å². The molecule has 58 valence electrons. The zero-order valence-corrected chi connectivity index (χ0v) is 6.60. The molecule has 1 saturated heterocycles. The zero-order chi connectivity index (χ0) is 6.81. The Kier molecular flexibility index (Phi) is 1.94. The van der Waals surface area contributed by atoms with Gasteiger partial charge >= 0.3 is 0 Å². The molecule has 10 heavy (non-hydrogen) atoms. The summed E-state index contributed by atoms with van der Waals surface area (Å²) >= 11 is 0. The SMILES string of the molecule is C1CC[C@H]2CNC[C@@H]2CC1. The van der Waals surface area contributed by atoms with Crippen LogP contribution in [0.4, 0.5) is 0 Å². The molecule has 1 aliphatic heterocycles. The van der Waals surface area contributed by atoms with Crippen molar-refractivity contribution in [2.45, 2.75) is 32.1 Å². The molecule has 0 spiro atoms. The van der Waals surface area contributed by atoms with Gasteiger partial charge in [0.25, 0.3) is 0 Å². The second-order valence-corrected chi connectivity index (χ2v) is 3.82. The fourth-order valence-electron chi connectivity index (χ4n) is 2.45. The molecular weight excluding hydrogens is 122 g/mol. The molecule has 1 saturated carbocycles. The molecule has 1 heterocycles. The average Bonchev–Trinajstić information content (AvgIpc) is 2.28. The molecule has 2 fully saturated rings. The van der Waals surface area contributed by atoms with Gasteiger partial charge in [0.1, 0.15) is 0 Å². The molecule has 0 aromatic rings. The normalized spacial score (nSPS) is 40.8. The van der Waals surface area contributed by atoms with Crippen LogP contribution in [-0.2, 0) is 0 Å². The lowest BCUT2D eigenvalue weighted by atomic mass is 9.92. The van der Waals surface area contributed by atoms with Crippen molar-refractivity contribution in [1.82, 2.24) is 5.32 Å². The quantitative estimate of drug-likeness (QED) is 0.539. The third-order valence-electron chi connectivity index (χ3n) is 3.13. The molecule has 2 atom stereocenters. The van der Waals surface area contributed by atoms with Gasteiger partial charge in [-0.1, -0.05) is 19.3 Å². The summed E-state index contributed by atoms with van der Waals surface area (Å²) in [6.45, 7) is 2.62. The summed E-state index contributed by atoms with van der Waals surface area (Å²) in [5.74, 6) is 2.09. The first-order valence-electron chi connectivity index (χ1n) is 4.67. The lowest BCUT2D eigenvalue weighted by Gasteiger charge is -2.12. The van der Waals surface area contributed by atoms with E-state index in [0.29, 0.717) is 0 Å². The first kappa shape index (κ1) is 6.66. The van der Waals surface area contributed by atoms with Gasteiger partial charge in [0.2, 0.25) is 0 Å². The minimum atomic E-state index is 1.04. The molecule has 0 radical (unpaired) electrons. The van der Waals surface area contributed by atoms with Crippen molar-refractivity contribution in [3.8, 4) is 0 Å². The molecule has 0 aromatic carbocycles. The molecule has 1 aliphatic carbocycles. The Hall–Kier alpha value is -0.0400. The van der Waals surface area contributed by atoms with Crippen LogP contribution in [0.25, 0.3) is 0 Å². The maximum atomic E-state index is 3.49. The monoisotopic (exact) mass is 139 g/mol. The van der Waals surface area contributed by atoms with Crippen LogP contribution in [0.1, 0.15) is 32.1 Å². The lowest BCUT2D eigenvalue weighted by molar-refractivity contribution is 0.397. The number of hydrogen-bond donors (Lipinski definition) is 1. The number of hydrogen-bond acceptors (Lipinski definition) is 1. The second-order valence-electron chi connectivity index (χ2n) is 3.82. The highest BCUT2D eigenvalue weighted by Crippen LogP contribution is 2.30. The Morgan fingerprint density at radius 1 is 0.800 bits per heavy atom. The van der Waals surface area contributed by atoms with E-state index in [2.05, 4.69) is 5.32 Å². The van der Waals surface area contributed by atoms with Crippen molar-refractivity contribution in [3.63, 3.8) is 0 Å². The van der Waals surface area contributed by atoms with Crippen molar-refractivity contribution < 1.29 is 0 Å². The molecule has 0 aromatic heterocycles. The van der Waals surface area contributed by atoms with Gasteiger partial charge < -0.3 is 5.32 Å². The molecule has 1 nitrogen and oxygen atoms in total. The second kappa shape index (κ2) is 2.91. The first-order chi connectivity index (χ1) is 4.97. The van der Waals surface area contributed by atoms with E-state index in [9.17, 15) is 0 Å².